The summed E-state index contributed by atoms with van der Waals surface area (Å²) in [6, 6.07) is 0. The molecule has 0 radical (unpaired) electrons. The van der Waals surface area contributed by atoms with Gasteiger partial charge < -0.3 is 9.64 Å². The Labute approximate surface area is 180 Å². The lowest BCUT2D eigenvalue weighted by molar-refractivity contribution is 0.122. The van der Waals surface area contributed by atoms with Gasteiger partial charge in [-0.25, -0.2) is 15.0 Å². The fourth-order valence-electron chi connectivity index (χ4n) is 4.48. The van der Waals surface area contributed by atoms with Gasteiger partial charge >= 0.3 is 0 Å². The molecule has 0 N–H and O–H groups in total. The summed E-state index contributed by atoms with van der Waals surface area (Å²) in [5.41, 5.74) is 4.08. The third-order valence-electron chi connectivity index (χ3n) is 5.96. The summed E-state index contributed by atoms with van der Waals surface area (Å²) in [7, 11) is 0. The van der Waals surface area contributed by atoms with Crippen molar-refractivity contribution in [1.29, 1.82) is 0 Å². The minimum Gasteiger partial charge on any atom is -0.378 e. The molecular formula is C22H28N4OS2. The van der Waals surface area contributed by atoms with Gasteiger partial charge in [0.25, 0.3) is 0 Å². The fourth-order valence-corrected chi connectivity index (χ4v) is 6.71. The number of nitrogens with zero attached hydrogens (tertiary/aromatic N) is 4. The summed E-state index contributed by atoms with van der Waals surface area (Å²) in [6.45, 7) is 5.72. The second-order valence-electron chi connectivity index (χ2n) is 7.89. The maximum absolute atomic E-state index is 5.58. The Kier molecular flexibility index (Phi) is 5.88. The van der Waals surface area contributed by atoms with Gasteiger partial charge in [0.1, 0.15) is 22.0 Å². The molecule has 0 atom stereocenters. The molecule has 0 saturated carbocycles. The minimum absolute atomic E-state index is 0.797. The summed E-state index contributed by atoms with van der Waals surface area (Å²) >= 11 is 3.67. The molecule has 0 unspecified atom stereocenters. The summed E-state index contributed by atoms with van der Waals surface area (Å²) in [5, 5.41) is 2.43. The topological polar surface area (TPSA) is 51.1 Å². The van der Waals surface area contributed by atoms with E-state index in [2.05, 4.69) is 16.8 Å². The Hall–Kier alpha value is -1.44. The predicted octanol–water partition coefficient (Wildman–Crippen LogP) is 5.24. The van der Waals surface area contributed by atoms with Crippen LogP contribution in [0.2, 0.25) is 0 Å². The molecule has 0 spiro atoms. The lowest BCUT2D eigenvalue weighted by Gasteiger charge is -2.31. The first-order valence-corrected chi connectivity index (χ1v) is 12.7. The van der Waals surface area contributed by atoms with E-state index in [1.807, 2.05) is 11.8 Å². The lowest BCUT2D eigenvalue weighted by Crippen LogP contribution is -2.37. The van der Waals surface area contributed by atoms with E-state index in [-0.39, 0.29) is 0 Å². The molecule has 2 aliphatic rings. The van der Waals surface area contributed by atoms with E-state index >= 15 is 0 Å². The highest BCUT2D eigenvalue weighted by Gasteiger charge is 2.26. The van der Waals surface area contributed by atoms with Crippen LogP contribution >= 0.6 is 23.1 Å². The van der Waals surface area contributed by atoms with Crippen molar-refractivity contribution in [2.24, 2.45) is 0 Å². The first kappa shape index (κ1) is 19.5. The van der Waals surface area contributed by atoms with Gasteiger partial charge in [-0.15, -0.1) is 23.1 Å². The number of hydrogen-bond donors (Lipinski definition) is 0. The lowest BCUT2D eigenvalue weighted by atomic mass is 9.90. The number of aromatic nitrogens is 3. The van der Waals surface area contributed by atoms with E-state index in [1.54, 1.807) is 17.7 Å². The van der Waals surface area contributed by atoms with Crippen LogP contribution < -0.4 is 4.90 Å². The monoisotopic (exact) mass is 428 g/mol. The number of pyridine rings is 1. The quantitative estimate of drug-likeness (QED) is 0.304. The van der Waals surface area contributed by atoms with Crippen LogP contribution in [0.15, 0.2) is 11.4 Å². The maximum Gasteiger partial charge on any atom is 0.133 e. The first-order chi connectivity index (χ1) is 14.4. The van der Waals surface area contributed by atoms with Crippen molar-refractivity contribution < 1.29 is 4.74 Å². The molecule has 3 aromatic heterocycles. The molecule has 0 amide bonds. The first-order valence-electron chi connectivity index (χ1n) is 10.9. The van der Waals surface area contributed by atoms with Gasteiger partial charge in [0.05, 0.1) is 23.4 Å². The molecule has 4 heterocycles. The molecular weight excluding hydrogens is 400 g/mol. The van der Waals surface area contributed by atoms with Gasteiger partial charge in [-0.3, -0.25) is 0 Å². The second kappa shape index (κ2) is 8.74. The van der Waals surface area contributed by atoms with Crippen molar-refractivity contribution in [1.82, 2.24) is 15.0 Å². The molecule has 3 aromatic rings. The van der Waals surface area contributed by atoms with Crippen LogP contribution in [0.3, 0.4) is 0 Å². The maximum atomic E-state index is 5.58. The van der Waals surface area contributed by atoms with E-state index in [1.165, 1.54) is 59.1 Å². The standard InChI is InChI=1S/C22H28N4OS2/c1-2-3-6-13-28-22-19-18(23-14-24-22)17-15-7-4-5-8-16(15)20(25-21(17)29-19)26-9-11-27-12-10-26/h14H,2-13H2,1H3. The van der Waals surface area contributed by atoms with Crippen LogP contribution in [0, 0.1) is 0 Å². The van der Waals surface area contributed by atoms with E-state index in [0.717, 1.165) is 60.3 Å². The number of unbranched alkanes of at least 4 members (excludes halogenated alkanes) is 2. The van der Waals surface area contributed by atoms with Crippen LogP contribution in [0.25, 0.3) is 20.4 Å². The van der Waals surface area contributed by atoms with Crippen molar-refractivity contribution in [3.63, 3.8) is 0 Å². The van der Waals surface area contributed by atoms with Crippen LogP contribution in [0.1, 0.15) is 50.2 Å². The van der Waals surface area contributed by atoms with Crippen molar-refractivity contribution in [3.05, 3.63) is 17.5 Å². The molecule has 7 heteroatoms. The fraction of sp³-hybridized carbons (Fsp3) is 0.591. The van der Waals surface area contributed by atoms with E-state index in [9.17, 15) is 0 Å². The molecule has 0 bridgehead atoms. The zero-order chi connectivity index (χ0) is 19.6. The smallest absolute Gasteiger partial charge is 0.133 e. The van der Waals surface area contributed by atoms with Gasteiger partial charge in [-0.1, -0.05) is 19.8 Å². The summed E-state index contributed by atoms with van der Waals surface area (Å²) in [6.07, 6.45) is 10.3. The molecule has 1 aliphatic heterocycles. The molecule has 5 nitrogen and oxygen atoms in total. The van der Waals surface area contributed by atoms with Gasteiger partial charge in [0, 0.05) is 18.5 Å². The Morgan fingerprint density at radius 3 is 2.76 bits per heavy atom. The average molecular weight is 429 g/mol. The van der Waals surface area contributed by atoms with E-state index in [4.69, 9.17) is 14.7 Å². The highest BCUT2D eigenvalue weighted by atomic mass is 32.2. The number of anilines is 1. The molecule has 1 saturated heterocycles. The molecule has 5 rings (SSSR count). The molecule has 1 aliphatic carbocycles. The number of thiophene rings is 1. The Balaban J connectivity index is 1.62. The number of rotatable bonds is 6. The van der Waals surface area contributed by atoms with Crippen LogP contribution in [0.5, 0.6) is 0 Å². The van der Waals surface area contributed by atoms with Crippen LogP contribution in [-0.4, -0.2) is 47.0 Å². The van der Waals surface area contributed by atoms with E-state index < -0.39 is 0 Å². The minimum atomic E-state index is 0.797. The summed E-state index contributed by atoms with van der Waals surface area (Å²) < 4.78 is 6.81. The van der Waals surface area contributed by atoms with Crippen molar-refractivity contribution in [3.8, 4) is 0 Å². The number of fused-ring (bicyclic) bond motifs is 5. The SMILES string of the molecule is CCCCCSc1ncnc2c1sc1nc(N3CCOCC3)c3c(c12)CCCC3. The normalized spacial score (nSPS) is 17.2. The number of hydrogen-bond acceptors (Lipinski definition) is 7. The van der Waals surface area contributed by atoms with Crippen LogP contribution in [-0.2, 0) is 17.6 Å². The predicted molar refractivity (Wildman–Crippen MR) is 123 cm³/mol. The summed E-state index contributed by atoms with van der Waals surface area (Å²) in [5.74, 6) is 2.32. The number of thioether (sulfide) groups is 1. The third-order valence-corrected chi connectivity index (χ3v) is 8.25. The Morgan fingerprint density at radius 1 is 1.10 bits per heavy atom. The molecule has 29 heavy (non-hydrogen) atoms. The van der Waals surface area contributed by atoms with Gasteiger partial charge in [0.15, 0.2) is 0 Å². The zero-order valence-electron chi connectivity index (χ0n) is 17.1. The summed E-state index contributed by atoms with van der Waals surface area (Å²) in [4.78, 5) is 18.2. The van der Waals surface area contributed by atoms with Gasteiger partial charge in [0.2, 0.25) is 0 Å². The molecule has 0 aromatic carbocycles. The van der Waals surface area contributed by atoms with E-state index in [0.29, 0.717) is 0 Å². The highest BCUT2D eigenvalue weighted by Crippen LogP contribution is 2.43. The number of aryl methyl sites for hydroxylation is 1. The zero-order valence-corrected chi connectivity index (χ0v) is 18.7. The third kappa shape index (κ3) is 3.73. The highest BCUT2D eigenvalue weighted by molar-refractivity contribution is 7.99. The van der Waals surface area contributed by atoms with Crippen molar-refractivity contribution in [2.45, 2.75) is 56.9 Å². The Bertz CT molecular complexity index is 1010. The molecule has 1 fully saturated rings. The second-order valence-corrected chi connectivity index (χ2v) is 9.98. The molecule has 154 valence electrons. The van der Waals surface area contributed by atoms with Crippen LogP contribution in [0.4, 0.5) is 5.82 Å². The largest absolute Gasteiger partial charge is 0.378 e. The average Bonchev–Trinajstić information content (AvgIpc) is 3.16. The van der Waals surface area contributed by atoms with Gasteiger partial charge in [-0.05, 0) is 49.0 Å². The van der Waals surface area contributed by atoms with Crippen molar-refractivity contribution in [2.75, 3.05) is 37.0 Å². The number of ether oxygens (including phenoxy) is 1. The number of morpholine rings is 1. The Morgan fingerprint density at radius 2 is 1.93 bits per heavy atom. The van der Waals surface area contributed by atoms with Crippen molar-refractivity contribution >= 4 is 49.3 Å². The van der Waals surface area contributed by atoms with Gasteiger partial charge in [-0.2, -0.15) is 0 Å².